The van der Waals surface area contributed by atoms with Crippen LogP contribution >= 0.6 is 0 Å². The highest BCUT2D eigenvalue weighted by molar-refractivity contribution is 5.37. The number of anilines is 1. The van der Waals surface area contributed by atoms with Gasteiger partial charge in [-0.3, -0.25) is 0 Å². The molecule has 1 unspecified atom stereocenters. The van der Waals surface area contributed by atoms with Gasteiger partial charge in [0.05, 0.1) is 5.69 Å². The molecule has 3 heteroatoms. The van der Waals surface area contributed by atoms with E-state index in [1.807, 2.05) is 19.1 Å². The summed E-state index contributed by atoms with van der Waals surface area (Å²) in [5, 5.41) is 11.4. The summed E-state index contributed by atoms with van der Waals surface area (Å²) in [4.78, 5) is 0. The van der Waals surface area contributed by atoms with E-state index >= 15 is 0 Å². The topological polar surface area (TPSA) is 37.8 Å². The molecule has 0 aromatic carbocycles. The van der Waals surface area contributed by atoms with E-state index < -0.39 is 0 Å². The van der Waals surface area contributed by atoms with Crippen molar-refractivity contribution in [3.8, 4) is 0 Å². The molecule has 1 aromatic heterocycles. The average molecular weight is 177 g/mol. The minimum absolute atomic E-state index is 0.437. The molecule has 3 nitrogen and oxygen atoms in total. The maximum absolute atomic E-state index is 4.06. The minimum Gasteiger partial charge on any atom is -0.365 e. The van der Waals surface area contributed by atoms with Crippen LogP contribution in [0.2, 0.25) is 0 Å². The predicted molar refractivity (Wildman–Crippen MR) is 52.6 cm³/mol. The quantitative estimate of drug-likeness (QED) is 0.750. The molecule has 1 aliphatic rings. The van der Waals surface area contributed by atoms with Gasteiger partial charge in [-0.05, 0) is 30.9 Å². The van der Waals surface area contributed by atoms with E-state index in [9.17, 15) is 0 Å². The van der Waals surface area contributed by atoms with Crippen LogP contribution in [-0.2, 0) is 0 Å². The van der Waals surface area contributed by atoms with Gasteiger partial charge in [0.25, 0.3) is 0 Å². The van der Waals surface area contributed by atoms with Crippen LogP contribution in [0.5, 0.6) is 0 Å². The Morgan fingerprint density at radius 3 is 2.54 bits per heavy atom. The lowest BCUT2D eigenvalue weighted by molar-refractivity contribution is 0.629. The van der Waals surface area contributed by atoms with E-state index in [1.165, 1.54) is 6.42 Å². The number of aromatic nitrogens is 2. The Bertz CT molecular complexity index is 302. The van der Waals surface area contributed by atoms with Gasteiger partial charge in [0.15, 0.2) is 0 Å². The van der Waals surface area contributed by atoms with Gasteiger partial charge < -0.3 is 5.32 Å². The van der Waals surface area contributed by atoms with Crippen molar-refractivity contribution in [2.45, 2.75) is 33.2 Å². The largest absolute Gasteiger partial charge is 0.365 e. The van der Waals surface area contributed by atoms with Gasteiger partial charge in [-0.1, -0.05) is 13.8 Å². The van der Waals surface area contributed by atoms with Crippen LogP contribution in [0, 0.1) is 12.3 Å². The van der Waals surface area contributed by atoms with Gasteiger partial charge in [-0.25, -0.2) is 0 Å². The Morgan fingerprint density at radius 2 is 2.08 bits per heavy atom. The van der Waals surface area contributed by atoms with Crippen molar-refractivity contribution in [2.24, 2.45) is 5.41 Å². The second kappa shape index (κ2) is 2.69. The highest BCUT2D eigenvalue weighted by Gasteiger charge is 2.45. The maximum Gasteiger partial charge on any atom is 0.148 e. The second-order valence-electron chi connectivity index (χ2n) is 4.45. The lowest BCUT2D eigenvalue weighted by Crippen LogP contribution is -2.10. The molecule has 0 saturated heterocycles. The molecule has 1 N–H and O–H groups in total. The third kappa shape index (κ3) is 1.79. The zero-order valence-corrected chi connectivity index (χ0v) is 8.33. The molecule has 1 heterocycles. The second-order valence-corrected chi connectivity index (χ2v) is 4.45. The van der Waals surface area contributed by atoms with Crippen LogP contribution < -0.4 is 5.32 Å². The van der Waals surface area contributed by atoms with Gasteiger partial charge in [0, 0.05) is 6.04 Å². The first-order valence-corrected chi connectivity index (χ1v) is 4.65. The summed E-state index contributed by atoms with van der Waals surface area (Å²) in [7, 11) is 0. The summed E-state index contributed by atoms with van der Waals surface area (Å²) in [6, 6.07) is 4.53. The highest BCUT2D eigenvalue weighted by Crippen LogP contribution is 2.46. The van der Waals surface area contributed by atoms with Gasteiger partial charge in [-0.15, -0.1) is 5.10 Å². The molecular weight excluding hydrogens is 162 g/mol. The summed E-state index contributed by atoms with van der Waals surface area (Å²) in [5.74, 6) is 0.890. The standard InChI is InChI=1S/C10H15N3/c1-7-4-5-9(13-12-7)11-8-6-10(8,2)3/h4-5,8H,6H2,1-3H3,(H,11,13). The number of nitrogens with zero attached hydrogens (tertiary/aromatic N) is 2. The predicted octanol–water partition coefficient (Wildman–Crippen LogP) is 2.00. The van der Waals surface area contributed by atoms with Crippen molar-refractivity contribution in [3.05, 3.63) is 17.8 Å². The fraction of sp³-hybridized carbons (Fsp3) is 0.600. The molecule has 1 saturated carbocycles. The van der Waals surface area contributed by atoms with E-state index in [-0.39, 0.29) is 0 Å². The first-order chi connectivity index (χ1) is 6.08. The number of nitrogens with one attached hydrogen (secondary N) is 1. The molecule has 0 bridgehead atoms. The first kappa shape index (κ1) is 8.48. The molecule has 0 aliphatic heterocycles. The zero-order valence-electron chi connectivity index (χ0n) is 8.33. The van der Waals surface area contributed by atoms with Gasteiger partial charge in [-0.2, -0.15) is 5.10 Å². The van der Waals surface area contributed by atoms with Crippen LogP contribution in [0.3, 0.4) is 0 Å². The molecule has 2 rings (SSSR count). The monoisotopic (exact) mass is 177 g/mol. The van der Waals surface area contributed by atoms with Crippen LogP contribution in [0.15, 0.2) is 12.1 Å². The number of rotatable bonds is 2. The molecule has 1 aromatic rings. The Balaban J connectivity index is 2.00. The van der Waals surface area contributed by atoms with E-state index in [2.05, 4.69) is 29.4 Å². The number of hydrogen-bond acceptors (Lipinski definition) is 3. The number of aryl methyl sites for hydroxylation is 1. The van der Waals surface area contributed by atoms with E-state index in [0.717, 1.165) is 11.5 Å². The third-order valence-corrected chi connectivity index (χ3v) is 2.63. The van der Waals surface area contributed by atoms with Crippen molar-refractivity contribution < 1.29 is 0 Å². The third-order valence-electron chi connectivity index (χ3n) is 2.63. The molecule has 0 amide bonds. The molecule has 13 heavy (non-hydrogen) atoms. The Labute approximate surface area is 78.6 Å². The Hall–Kier alpha value is -1.12. The molecule has 70 valence electrons. The van der Waals surface area contributed by atoms with Crippen molar-refractivity contribution in [3.63, 3.8) is 0 Å². The minimum atomic E-state index is 0.437. The maximum atomic E-state index is 4.06. The van der Waals surface area contributed by atoms with E-state index in [0.29, 0.717) is 11.5 Å². The lowest BCUT2D eigenvalue weighted by Gasteiger charge is -2.05. The lowest BCUT2D eigenvalue weighted by atomic mass is 10.2. The Morgan fingerprint density at radius 1 is 1.38 bits per heavy atom. The van der Waals surface area contributed by atoms with E-state index in [4.69, 9.17) is 0 Å². The Kier molecular flexibility index (Phi) is 1.75. The van der Waals surface area contributed by atoms with Crippen molar-refractivity contribution in [2.75, 3.05) is 5.32 Å². The van der Waals surface area contributed by atoms with Crippen LogP contribution in [0.25, 0.3) is 0 Å². The average Bonchev–Trinajstić information content (AvgIpc) is 2.64. The molecule has 1 fully saturated rings. The fourth-order valence-corrected chi connectivity index (χ4v) is 1.37. The van der Waals surface area contributed by atoms with Gasteiger partial charge in [0.2, 0.25) is 0 Å². The van der Waals surface area contributed by atoms with Crippen LogP contribution in [-0.4, -0.2) is 16.2 Å². The number of hydrogen-bond donors (Lipinski definition) is 1. The van der Waals surface area contributed by atoms with Crippen LogP contribution in [0.1, 0.15) is 26.0 Å². The molecule has 0 spiro atoms. The summed E-state index contributed by atoms with van der Waals surface area (Å²) < 4.78 is 0. The van der Waals surface area contributed by atoms with Crippen molar-refractivity contribution in [1.82, 2.24) is 10.2 Å². The SMILES string of the molecule is Cc1ccc(NC2CC2(C)C)nn1. The smallest absolute Gasteiger partial charge is 0.148 e. The zero-order chi connectivity index (χ0) is 9.47. The van der Waals surface area contributed by atoms with Gasteiger partial charge in [0.1, 0.15) is 5.82 Å². The summed E-state index contributed by atoms with van der Waals surface area (Å²) in [6.45, 7) is 6.45. The van der Waals surface area contributed by atoms with Crippen molar-refractivity contribution in [1.29, 1.82) is 0 Å². The molecule has 1 atom stereocenters. The van der Waals surface area contributed by atoms with E-state index in [1.54, 1.807) is 0 Å². The normalized spacial score (nSPS) is 24.1. The highest BCUT2D eigenvalue weighted by atomic mass is 15.2. The first-order valence-electron chi connectivity index (χ1n) is 4.65. The summed E-state index contributed by atoms with van der Waals surface area (Å²) in [6.07, 6.45) is 1.22. The summed E-state index contributed by atoms with van der Waals surface area (Å²) >= 11 is 0. The molecular formula is C10H15N3. The fourth-order valence-electron chi connectivity index (χ4n) is 1.37. The molecule has 0 radical (unpaired) electrons. The summed E-state index contributed by atoms with van der Waals surface area (Å²) in [5.41, 5.74) is 1.40. The van der Waals surface area contributed by atoms with Gasteiger partial charge >= 0.3 is 0 Å². The van der Waals surface area contributed by atoms with Crippen LogP contribution in [0.4, 0.5) is 5.82 Å². The molecule has 1 aliphatic carbocycles. The van der Waals surface area contributed by atoms with Crippen molar-refractivity contribution >= 4 is 5.82 Å².